The second-order valence-electron chi connectivity index (χ2n) is 3.20. The van der Waals surface area contributed by atoms with Gasteiger partial charge in [0.05, 0.1) is 0 Å². The van der Waals surface area contributed by atoms with Gasteiger partial charge in [-0.2, -0.15) is 0 Å². The fraction of sp³-hybridized carbons (Fsp3) is 0.364. The monoisotopic (exact) mass is 176 g/mol. The number of nitrogens with zero attached hydrogens (tertiary/aromatic N) is 1. The summed E-state index contributed by atoms with van der Waals surface area (Å²) < 4.78 is 0. The molecule has 1 rings (SSSR count). The molecule has 0 aliphatic rings. The van der Waals surface area contributed by atoms with E-state index in [1.54, 1.807) is 6.20 Å². The molecule has 0 saturated heterocycles. The summed E-state index contributed by atoms with van der Waals surface area (Å²) in [6.45, 7) is 7.93. The molecule has 0 aliphatic heterocycles. The van der Waals surface area contributed by atoms with E-state index in [-0.39, 0.29) is 0 Å². The van der Waals surface area contributed by atoms with Gasteiger partial charge < -0.3 is 5.32 Å². The molecule has 1 heterocycles. The largest absolute Gasteiger partial charge is 0.304 e. The van der Waals surface area contributed by atoms with E-state index >= 15 is 0 Å². The Bertz CT molecular complexity index is 256. The van der Waals surface area contributed by atoms with Gasteiger partial charge in [0, 0.05) is 24.5 Å². The van der Waals surface area contributed by atoms with Crippen molar-refractivity contribution in [3.05, 3.63) is 42.7 Å². The van der Waals surface area contributed by atoms with Crippen molar-refractivity contribution in [1.82, 2.24) is 10.3 Å². The summed E-state index contributed by atoms with van der Waals surface area (Å²) in [4.78, 5) is 4.07. The van der Waals surface area contributed by atoms with E-state index < -0.39 is 0 Å². The molecule has 1 N–H and O–H groups in total. The minimum absolute atomic E-state index is 0.321. The Labute approximate surface area is 79.7 Å². The van der Waals surface area contributed by atoms with E-state index in [0.29, 0.717) is 12.1 Å². The van der Waals surface area contributed by atoms with Crippen LogP contribution in [0, 0.1) is 0 Å². The lowest BCUT2D eigenvalue weighted by Gasteiger charge is -2.16. The maximum absolute atomic E-state index is 4.07. The molecule has 0 fully saturated rings. The van der Waals surface area contributed by atoms with Crippen LogP contribution in [-0.4, -0.2) is 11.0 Å². The molecule has 0 spiro atoms. The van der Waals surface area contributed by atoms with Gasteiger partial charge in [0.1, 0.15) is 0 Å². The quantitative estimate of drug-likeness (QED) is 0.712. The van der Waals surface area contributed by atoms with Gasteiger partial charge in [0.2, 0.25) is 0 Å². The minimum Gasteiger partial charge on any atom is -0.304 e. The van der Waals surface area contributed by atoms with Crippen molar-refractivity contribution in [2.45, 2.75) is 25.9 Å². The molecule has 0 saturated carbocycles. The summed E-state index contributed by atoms with van der Waals surface area (Å²) in [7, 11) is 0. The molecule has 0 radical (unpaired) electrons. The summed E-state index contributed by atoms with van der Waals surface area (Å²) in [5.74, 6) is 0. The van der Waals surface area contributed by atoms with E-state index in [0.717, 1.165) is 0 Å². The summed E-state index contributed by atoms with van der Waals surface area (Å²) >= 11 is 0. The second kappa shape index (κ2) is 4.77. The van der Waals surface area contributed by atoms with E-state index in [2.05, 4.69) is 36.8 Å². The molecule has 2 nitrogen and oxygen atoms in total. The highest BCUT2D eigenvalue weighted by Crippen LogP contribution is 2.10. The van der Waals surface area contributed by atoms with Crippen molar-refractivity contribution in [1.29, 1.82) is 0 Å². The fourth-order valence-electron chi connectivity index (χ4n) is 1.19. The van der Waals surface area contributed by atoms with E-state index in [1.165, 1.54) is 5.56 Å². The van der Waals surface area contributed by atoms with Gasteiger partial charge in [0.15, 0.2) is 0 Å². The molecule has 0 amide bonds. The highest BCUT2D eigenvalue weighted by atomic mass is 14.9. The molecule has 0 bridgehead atoms. The first kappa shape index (κ1) is 9.93. The standard InChI is InChI=1S/C11H16N2/c1-4-9(2)13-10(3)11-6-5-7-12-8-11/h4-10,13H,1H2,2-3H3/t9?,10-/m1/s1. The molecule has 0 aromatic carbocycles. The first-order valence-corrected chi connectivity index (χ1v) is 4.52. The van der Waals surface area contributed by atoms with Crippen LogP contribution in [0.3, 0.4) is 0 Å². The number of rotatable bonds is 4. The fourth-order valence-corrected chi connectivity index (χ4v) is 1.19. The molecular weight excluding hydrogens is 160 g/mol. The molecule has 2 atom stereocenters. The third-order valence-corrected chi connectivity index (χ3v) is 2.05. The summed E-state index contributed by atoms with van der Waals surface area (Å²) in [6, 6.07) is 4.67. The van der Waals surface area contributed by atoms with Crippen LogP contribution in [0.4, 0.5) is 0 Å². The van der Waals surface area contributed by atoms with Crippen molar-refractivity contribution < 1.29 is 0 Å². The highest BCUT2D eigenvalue weighted by Gasteiger charge is 2.05. The number of hydrogen-bond acceptors (Lipinski definition) is 2. The van der Waals surface area contributed by atoms with E-state index in [9.17, 15) is 0 Å². The zero-order valence-corrected chi connectivity index (χ0v) is 8.20. The van der Waals surface area contributed by atoms with Crippen LogP contribution < -0.4 is 5.32 Å². The Morgan fingerprint density at radius 2 is 2.31 bits per heavy atom. The first-order valence-electron chi connectivity index (χ1n) is 4.52. The van der Waals surface area contributed by atoms with Crippen LogP contribution in [0.1, 0.15) is 25.5 Å². The number of pyridine rings is 1. The van der Waals surface area contributed by atoms with Crippen LogP contribution in [0.2, 0.25) is 0 Å². The zero-order chi connectivity index (χ0) is 9.68. The van der Waals surface area contributed by atoms with Crippen molar-refractivity contribution >= 4 is 0 Å². The van der Waals surface area contributed by atoms with Gasteiger partial charge in [-0.3, -0.25) is 4.98 Å². The number of hydrogen-bond donors (Lipinski definition) is 1. The van der Waals surface area contributed by atoms with Gasteiger partial charge >= 0.3 is 0 Å². The topological polar surface area (TPSA) is 24.9 Å². The Balaban J connectivity index is 2.58. The van der Waals surface area contributed by atoms with Crippen LogP contribution in [-0.2, 0) is 0 Å². The number of nitrogens with one attached hydrogen (secondary N) is 1. The van der Waals surface area contributed by atoms with Gasteiger partial charge in [-0.25, -0.2) is 0 Å². The highest BCUT2D eigenvalue weighted by molar-refractivity contribution is 5.13. The maximum atomic E-state index is 4.07. The summed E-state index contributed by atoms with van der Waals surface area (Å²) in [6.07, 6.45) is 5.56. The number of aromatic nitrogens is 1. The Morgan fingerprint density at radius 1 is 1.54 bits per heavy atom. The van der Waals surface area contributed by atoms with Gasteiger partial charge in [0.25, 0.3) is 0 Å². The van der Waals surface area contributed by atoms with Gasteiger partial charge in [-0.15, -0.1) is 6.58 Å². The van der Waals surface area contributed by atoms with Gasteiger partial charge in [-0.1, -0.05) is 12.1 Å². The van der Waals surface area contributed by atoms with Gasteiger partial charge in [-0.05, 0) is 25.5 Å². The maximum Gasteiger partial charge on any atom is 0.0315 e. The average molecular weight is 176 g/mol. The average Bonchev–Trinajstić information content (AvgIpc) is 2.19. The van der Waals surface area contributed by atoms with Crippen LogP contribution in [0.5, 0.6) is 0 Å². The predicted molar refractivity (Wildman–Crippen MR) is 55.4 cm³/mol. The lowest BCUT2D eigenvalue weighted by Crippen LogP contribution is -2.26. The summed E-state index contributed by atoms with van der Waals surface area (Å²) in [5, 5.41) is 3.39. The lowest BCUT2D eigenvalue weighted by atomic mass is 10.1. The Hall–Kier alpha value is -1.15. The second-order valence-corrected chi connectivity index (χ2v) is 3.20. The van der Waals surface area contributed by atoms with Crippen LogP contribution in [0.15, 0.2) is 37.2 Å². The van der Waals surface area contributed by atoms with Crippen molar-refractivity contribution in [2.24, 2.45) is 0 Å². The molecule has 2 heteroatoms. The molecule has 1 aromatic rings. The molecule has 0 aliphatic carbocycles. The zero-order valence-electron chi connectivity index (χ0n) is 8.20. The van der Waals surface area contributed by atoms with Crippen LogP contribution >= 0.6 is 0 Å². The Kier molecular flexibility index (Phi) is 3.65. The first-order chi connectivity index (χ1) is 6.24. The molecule has 70 valence electrons. The molecule has 1 unspecified atom stereocenters. The SMILES string of the molecule is C=CC(C)N[C@H](C)c1cccnc1. The molecular formula is C11H16N2. The van der Waals surface area contributed by atoms with E-state index in [1.807, 2.05) is 18.3 Å². The third-order valence-electron chi connectivity index (χ3n) is 2.05. The molecule has 1 aromatic heterocycles. The Morgan fingerprint density at radius 3 is 2.85 bits per heavy atom. The minimum atomic E-state index is 0.321. The van der Waals surface area contributed by atoms with Crippen molar-refractivity contribution in [3.63, 3.8) is 0 Å². The van der Waals surface area contributed by atoms with Crippen molar-refractivity contribution in [2.75, 3.05) is 0 Å². The lowest BCUT2D eigenvalue weighted by molar-refractivity contribution is 0.536. The molecule has 13 heavy (non-hydrogen) atoms. The summed E-state index contributed by atoms with van der Waals surface area (Å²) in [5.41, 5.74) is 1.20. The normalized spacial score (nSPS) is 14.9. The van der Waals surface area contributed by atoms with Crippen molar-refractivity contribution in [3.8, 4) is 0 Å². The predicted octanol–water partition coefficient (Wildman–Crippen LogP) is 2.31. The third kappa shape index (κ3) is 2.99. The van der Waals surface area contributed by atoms with E-state index in [4.69, 9.17) is 0 Å². The van der Waals surface area contributed by atoms with Crippen LogP contribution in [0.25, 0.3) is 0 Å². The smallest absolute Gasteiger partial charge is 0.0315 e.